The number of morpholine rings is 1. The predicted molar refractivity (Wildman–Crippen MR) is 168 cm³/mol. The zero-order valence-electron chi connectivity index (χ0n) is 28.8. The van der Waals surface area contributed by atoms with Crippen LogP contribution in [0.5, 0.6) is 5.75 Å². The number of rotatable bonds is 11. The molecule has 5 atom stereocenters. The van der Waals surface area contributed by atoms with E-state index in [1.165, 1.54) is 5.01 Å². The Hall–Kier alpha value is -2.53. The highest BCUT2D eigenvalue weighted by molar-refractivity contribution is 5.99. The maximum absolute atomic E-state index is 14.3. The summed E-state index contributed by atoms with van der Waals surface area (Å²) in [7, 11) is 1.57. The van der Waals surface area contributed by atoms with Crippen molar-refractivity contribution < 1.29 is 46.6 Å². The molecule has 12 nitrogen and oxygen atoms in total. The van der Waals surface area contributed by atoms with Gasteiger partial charge in [-0.25, -0.2) is 15.1 Å². The van der Waals surface area contributed by atoms with Crippen molar-refractivity contribution in [2.24, 2.45) is 17.6 Å². The molecule has 0 spiro atoms. The minimum atomic E-state index is -5.31. The van der Waals surface area contributed by atoms with Crippen LogP contribution in [0.4, 0.5) is 18.9 Å². The number of anilines is 1. The maximum atomic E-state index is 14.3. The molecule has 3 aliphatic heterocycles. The van der Waals surface area contributed by atoms with Crippen LogP contribution >= 0.6 is 0 Å². The second-order valence-electron chi connectivity index (χ2n) is 13.9. The Morgan fingerprint density at radius 3 is 2.30 bits per heavy atom. The molecule has 0 saturated carbocycles. The smallest absolute Gasteiger partial charge is 0.494 e. The van der Waals surface area contributed by atoms with Gasteiger partial charge in [-0.3, -0.25) is 10.5 Å². The lowest BCUT2D eigenvalue weighted by molar-refractivity contribution is -1.13. The molecule has 3 aliphatic rings. The number of nitrogens with two attached hydrogens (primary N) is 1. The van der Waals surface area contributed by atoms with Gasteiger partial charge in [0.1, 0.15) is 12.0 Å². The van der Waals surface area contributed by atoms with Gasteiger partial charge in [0.2, 0.25) is 18.5 Å². The molecular weight excluding hydrogens is 621 g/mol. The van der Waals surface area contributed by atoms with Gasteiger partial charge in [0, 0.05) is 36.6 Å². The molecule has 4 N–H and O–H groups in total. The number of ether oxygens (including phenoxy) is 3. The highest BCUT2D eigenvalue weighted by Gasteiger charge is 2.63. The van der Waals surface area contributed by atoms with Crippen LogP contribution in [0.3, 0.4) is 0 Å². The minimum Gasteiger partial charge on any atom is -0.494 e. The van der Waals surface area contributed by atoms with Crippen LogP contribution in [-0.2, 0) is 24.5 Å². The molecule has 1 aromatic rings. The van der Waals surface area contributed by atoms with Crippen molar-refractivity contribution in [3.05, 3.63) is 23.3 Å². The largest absolute Gasteiger partial charge is 0.497 e. The fraction of sp³-hybridized carbons (Fsp3) is 0.750. The van der Waals surface area contributed by atoms with Crippen molar-refractivity contribution in [2.45, 2.75) is 104 Å². The number of carbonyl (C=O) groups excluding carboxylic acids is 2. The van der Waals surface area contributed by atoms with Crippen molar-refractivity contribution >= 4 is 17.4 Å². The van der Waals surface area contributed by atoms with Crippen LogP contribution < -0.4 is 26.2 Å². The van der Waals surface area contributed by atoms with Crippen LogP contribution in [0, 0.1) is 11.8 Å². The van der Waals surface area contributed by atoms with Gasteiger partial charge in [0.05, 0.1) is 32.1 Å². The summed E-state index contributed by atoms with van der Waals surface area (Å²) in [5.41, 5.74) is 13.8. The van der Waals surface area contributed by atoms with Gasteiger partial charge >= 0.3 is 12.1 Å². The predicted octanol–water partition coefficient (Wildman–Crippen LogP) is 3.95. The fourth-order valence-corrected chi connectivity index (χ4v) is 6.62. The van der Waals surface area contributed by atoms with Crippen molar-refractivity contribution in [2.75, 3.05) is 44.9 Å². The van der Waals surface area contributed by atoms with E-state index in [2.05, 4.69) is 15.8 Å². The number of alkyl halides is 3. The molecule has 3 heterocycles. The number of quaternary nitrogens is 1. The van der Waals surface area contributed by atoms with E-state index in [4.69, 9.17) is 24.8 Å². The molecule has 47 heavy (non-hydrogen) atoms. The normalized spacial score (nSPS) is 27.3. The Balaban J connectivity index is 1.78. The number of ketones is 1. The van der Waals surface area contributed by atoms with E-state index >= 15 is 0 Å². The van der Waals surface area contributed by atoms with Crippen molar-refractivity contribution in [3.8, 4) is 5.75 Å². The summed E-state index contributed by atoms with van der Waals surface area (Å²) in [5, 5.41) is 1.51. The third-order valence-corrected chi connectivity index (χ3v) is 9.32. The lowest BCUT2D eigenvalue weighted by Crippen LogP contribution is -2.68. The lowest BCUT2D eigenvalue weighted by Gasteiger charge is -2.45. The number of hydrazine groups is 1. The number of fused-ring (bicyclic) bond motifs is 1. The molecule has 0 amide bonds. The highest BCUT2D eigenvalue weighted by Crippen LogP contribution is 2.42. The average molecular weight is 674 g/mol. The molecule has 1 aromatic carbocycles. The first kappa shape index (κ1) is 37.3. The fourth-order valence-electron chi connectivity index (χ4n) is 6.62. The Morgan fingerprint density at radius 2 is 1.77 bits per heavy atom. The van der Waals surface area contributed by atoms with Crippen LogP contribution in [0.15, 0.2) is 12.1 Å². The summed E-state index contributed by atoms with van der Waals surface area (Å²) in [5.74, 6) is -2.54. The number of hydroxylamine groups is 2. The van der Waals surface area contributed by atoms with Gasteiger partial charge in [0.15, 0.2) is 6.29 Å². The van der Waals surface area contributed by atoms with Crippen molar-refractivity contribution in [1.29, 1.82) is 0 Å². The quantitative estimate of drug-likeness (QED) is 0.234. The van der Waals surface area contributed by atoms with Crippen LogP contribution in [0.1, 0.15) is 83.7 Å². The summed E-state index contributed by atoms with van der Waals surface area (Å²) >= 11 is 0. The van der Waals surface area contributed by atoms with Gasteiger partial charge in [0.25, 0.3) is 0 Å². The topological polar surface area (TPSA) is 128 Å². The van der Waals surface area contributed by atoms with Crippen LogP contribution in [0.2, 0.25) is 0 Å². The Labute approximate surface area is 275 Å². The van der Waals surface area contributed by atoms with Gasteiger partial charge in [-0.2, -0.15) is 13.2 Å². The maximum Gasteiger partial charge on any atom is 0.497 e. The number of nitrogens with one attached hydrogen (secondary N) is 2. The third kappa shape index (κ3) is 8.03. The van der Waals surface area contributed by atoms with Gasteiger partial charge < -0.3 is 19.1 Å². The first-order chi connectivity index (χ1) is 21.9. The second-order valence-corrected chi connectivity index (χ2v) is 13.9. The first-order valence-electron chi connectivity index (χ1n) is 16.5. The van der Waals surface area contributed by atoms with Gasteiger partial charge in [-0.05, 0) is 41.1 Å². The van der Waals surface area contributed by atoms with Crippen molar-refractivity contribution in [3.63, 3.8) is 0 Å². The number of methoxy groups -OCH3 is 1. The van der Waals surface area contributed by atoms with E-state index < -0.39 is 53.3 Å². The second kappa shape index (κ2) is 14.5. The number of halogens is 3. The first-order valence-corrected chi connectivity index (χ1v) is 16.5. The summed E-state index contributed by atoms with van der Waals surface area (Å²) in [6.07, 6.45) is -6.17. The standard InChI is InChI=1S/C32H52F3N6O6/c1-9-21(10-2)46-28-22(19(3)4)17-26-40(37-28)30(36)38-41(26,47-29(43)32(33,34)35)18-25(42)20-15-23(31(5,6)7)27(44-8)24(16-20)39-11-13-45-14-12-39/h15-16,19,21-22,26,28,30,37-38H,9-14,17-18,36H2,1-8H3/q+1. The van der Waals surface area contributed by atoms with E-state index in [1.807, 2.05) is 48.5 Å². The van der Waals surface area contributed by atoms with Gasteiger partial charge in [-0.15, -0.1) is 5.01 Å². The summed E-state index contributed by atoms with van der Waals surface area (Å²) < 4.78 is 57.9. The molecule has 266 valence electrons. The third-order valence-electron chi connectivity index (χ3n) is 9.32. The van der Waals surface area contributed by atoms with Crippen molar-refractivity contribution in [1.82, 2.24) is 15.9 Å². The molecule has 15 heteroatoms. The summed E-state index contributed by atoms with van der Waals surface area (Å²) in [6, 6.07) is 3.39. The van der Waals surface area contributed by atoms with Gasteiger partial charge in [-0.1, -0.05) is 53.9 Å². The molecule has 0 bridgehead atoms. The summed E-state index contributed by atoms with van der Waals surface area (Å²) in [6.45, 7) is 15.4. The van der Waals surface area contributed by atoms with E-state index in [9.17, 15) is 22.8 Å². The highest BCUT2D eigenvalue weighted by atomic mass is 19.4. The number of hydrogen-bond acceptors (Lipinski definition) is 11. The lowest BCUT2D eigenvalue weighted by atomic mass is 9.84. The zero-order valence-corrected chi connectivity index (χ0v) is 28.8. The summed E-state index contributed by atoms with van der Waals surface area (Å²) in [4.78, 5) is 34.1. The molecule has 3 saturated heterocycles. The Morgan fingerprint density at radius 1 is 1.13 bits per heavy atom. The van der Waals surface area contributed by atoms with E-state index in [0.29, 0.717) is 37.7 Å². The molecule has 3 fully saturated rings. The zero-order chi connectivity index (χ0) is 34.9. The Kier molecular flexibility index (Phi) is 11.5. The number of Topliss-reactive ketones (excluding diaryl/α,β-unsaturated/α-hetero) is 1. The number of nitrogens with zero attached hydrogens (tertiary/aromatic N) is 3. The minimum absolute atomic E-state index is 0.0313. The molecule has 4 rings (SSSR count). The number of benzene rings is 1. The Bertz CT molecular complexity index is 1270. The van der Waals surface area contributed by atoms with E-state index in [0.717, 1.165) is 18.4 Å². The van der Waals surface area contributed by atoms with E-state index in [-0.39, 0.29) is 29.9 Å². The monoisotopic (exact) mass is 673 g/mol. The SMILES string of the molecule is CCC(CC)OC1NN2C(N)N[N+](CC(=O)c3cc(N4CCOCC4)c(OC)c(C(C)(C)C)c3)(OC(=O)C(F)(F)F)C2CC1C(C)C. The molecule has 5 unspecified atom stereocenters. The number of hydrogen-bond donors (Lipinski definition) is 3. The molecule has 0 radical (unpaired) electrons. The molecular formula is C32H52F3N6O6+. The average Bonchev–Trinajstić information content (AvgIpc) is 3.27. The van der Waals surface area contributed by atoms with Crippen LogP contribution in [0.25, 0.3) is 0 Å². The molecule has 0 aromatic heterocycles. The number of carbonyl (C=O) groups is 2. The van der Waals surface area contributed by atoms with Crippen LogP contribution in [-0.4, -0.2) is 92.4 Å². The van der Waals surface area contributed by atoms with E-state index in [1.54, 1.807) is 19.2 Å². The molecule has 0 aliphatic carbocycles.